The molecule has 0 radical (unpaired) electrons. The number of aliphatic carboxylic acids is 1. The fraction of sp³-hybridized carbons (Fsp3) is 0.400. The van der Waals surface area contributed by atoms with Crippen LogP contribution in [-0.4, -0.2) is 34.6 Å². The van der Waals surface area contributed by atoms with Crippen molar-refractivity contribution < 1.29 is 14.7 Å². The SMILES string of the molecule is N#CCCN(C(=O)Nc1ccc(CC(=O)O)cc1)C1CC1. The first kappa shape index (κ1) is 14.9. The molecule has 6 heteroatoms. The molecule has 6 nitrogen and oxygen atoms in total. The molecular weight excluding hydrogens is 270 g/mol. The Bertz CT molecular complexity index is 559. The third-order valence-corrected chi connectivity index (χ3v) is 3.27. The van der Waals surface area contributed by atoms with E-state index >= 15 is 0 Å². The van der Waals surface area contributed by atoms with Gasteiger partial charge in [-0.1, -0.05) is 12.1 Å². The molecule has 0 bridgehead atoms. The maximum atomic E-state index is 12.2. The van der Waals surface area contributed by atoms with E-state index in [1.165, 1.54) is 0 Å². The first-order chi connectivity index (χ1) is 10.1. The number of hydrogen-bond acceptors (Lipinski definition) is 3. The van der Waals surface area contributed by atoms with Gasteiger partial charge in [0, 0.05) is 18.3 Å². The molecule has 2 rings (SSSR count). The van der Waals surface area contributed by atoms with Crippen LogP contribution in [-0.2, 0) is 11.2 Å². The van der Waals surface area contributed by atoms with Crippen molar-refractivity contribution in [3.63, 3.8) is 0 Å². The van der Waals surface area contributed by atoms with E-state index in [2.05, 4.69) is 5.32 Å². The molecule has 1 saturated carbocycles. The van der Waals surface area contributed by atoms with Gasteiger partial charge in [-0.2, -0.15) is 5.26 Å². The van der Waals surface area contributed by atoms with Crippen LogP contribution in [0, 0.1) is 11.3 Å². The number of carboxylic acid groups (broad SMARTS) is 1. The molecule has 0 aromatic heterocycles. The van der Waals surface area contributed by atoms with E-state index in [0.717, 1.165) is 12.8 Å². The van der Waals surface area contributed by atoms with E-state index in [9.17, 15) is 9.59 Å². The zero-order valence-corrected chi connectivity index (χ0v) is 11.6. The number of nitrogens with zero attached hydrogens (tertiary/aromatic N) is 2. The molecule has 0 atom stereocenters. The summed E-state index contributed by atoms with van der Waals surface area (Å²) in [4.78, 5) is 24.5. The van der Waals surface area contributed by atoms with Gasteiger partial charge in [-0.3, -0.25) is 4.79 Å². The quantitative estimate of drug-likeness (QED) is 0.839. The summed E-state index contributed by atoms with van der Waals surface area (Å²) in [6, 6.07) is 8.81. The summed E-state index contributed by atoms with van der Waals surface area (Å²) >= 11 is 0. The smallest absolute Gasteiger partial charge is 0.322 e. The Morgan fingerprint density at radius 3 is 2.52 bits per heavy atom. The van der Waals surface area contributed by atoms with Crippen molar-refractivity contribution in [2.45, 2.75) is 31.7 Å². The molecule has 0 unspecified atom stereocenters. The van der Waals surface area contributed by atoms with Gasteiger partial charge in [0.05, 0.1) is 18.9 Å². The summed E-state index contributed by atoms with van der Waals surface area (Å²) in [5.41, 5.74) is 1.31. The molecule has 2 N–H and O–H groups in total. The predicted molar refractivity (Wildman–Crippen MR) is 76.8 cm³/mol. The highest BCUT2D eigenvalue weighted by atomic mass is 16.4. The molecule has 0 spiro atoms. The number of carbonyl (C=O) groups excluding carboxylic acids is 1. The van der Waals surface area contributed by atoms with Gasteiger partial charge in [-0.15, -0.1) is 0 Å². The van der Waals surface area contributed by atoms with E-state index in [4.69, 9.17) is 10.4 Å². The number of amides is 2. The van der Waals surface area contributed by atoms with Crippen molar-refractivity contribution in [3.8, 4) is 6.07 Å². The molecule has 2 amide bonds. The molecular formula is C15H17N3O3. The topological polar surface area (TPSA) is 93.4 Å². The monoisotopic (exact) mass is 287 g/mol. The number of carbonyl (C=O) groups is 2. The number of carboxylic acids is 1. The highest BCUT2D eigenvalue weighted by Gasteiger charge is 2.32. The number of benzene rings is 1. The molecule has 110 valence electrons. The average Bonchev–Trinajstić information content (AvgIpc) is 3.25. The second kappa shape index (κ2) is 6.75. The molecule has 1 aromatic carbocycles. The molecule has 1 fully saturated rings. The normalized spacial score (nSPS) is 13.3. The fourth-order valence-corrected chi connectivity index (χ4v) is 2.08. The van der Waals surface area contributed by atoms with Gasteiger partial charge in [0.1, 0.15) is 0 Å². The summed E-state index contributed by atoms with van der Waals surface area (Å²) in [7, 11) is 0. The van der Waals surface area contributed by atoms with Crippen molar-refractivity contribution in [1.29, 1.82) is 5.26 Å². The van der Waals surface area contributed by atoms with Gasteiger partial charge in [-0.25, -0.2) is 4.79 Å². The molecule has 0 heterocycles. The summed E-state index contributed by atoms with van der Waals surface area (Å²) in [6.07, 6.45) is 2.25. The van der Waals surface area contributed by atoms with Gasteiger partial charge in [0.15, 0.2) is 0 Å². The van der Waals surface area contributed by atoms with E-state index in [0.29, 0.717) is 24.2 Å². The lowest BCUT2D eigenvalue weighted by molar-refractivity contribution is -0.136. The van der Waals surface area contributed by atoms with Crippen molar-refractivity contribution in [3.05, 3.63) is 29.8 Å². The van der Waals surface area contributed by atoms with Crippen LogP contribution in [0.3, 0.4) is 0 Å². The molecule has 1 aliphatic rings. The number of hydrogen-bond donors (Lipinski definition) is 2. The molecule has 1 aromatic rings. The Labute approximate surface area is 123 Å². The van der Waals surface area contributed by atoms with Crippen LogP contribution in [0.4, 0.5) is 10.5 Å². The average molecular weight is 287 g/mol. The second-order valence-electron chi connectivity index (χ2n) is 5.03. The fourth-order valence-electron chi connectivity index (χ4n) is 2.08. The minimum absolute atomic E-state index is 0.0371. The van der Waals surface area contributed by atoms with Crippen LogP contribution in [0.5, 0.6) is 0 Å². The maximum Gasteiger partial charge on any atom is 0.322 e. The summed E-state index contributed by atoms with van der Waals surface area (Å²) < 4.78 is 0. The number of anilines is 1. The second-order valence-corrected chi connectivity index (χ2v) is 5.03. The number of nitrogens with one attached hydrogen (secondary N) is 1. The molecule has 0 saturated heterocycles. The van der Waals surface area contributed by atoms with Gasteiger partial charge < -0.3 is 15.3 Å². The lowest BCUT2D eigenvalue weighted by Gasteiger charge is -2.21. The Kier molecular flexibility index (Phi) is 4.77. The number of urea groups is 1. The van der Waals surface area contributed by atoms with Gasteiger partial charge in [-0.05, 0) is 30.5 Å². The standard InChI is InChI=1S/C15H17N3O3/c16-8-1-9-18(13-6-7-13)15(21)17-12-4-2-11(3-5-12)10-14(19)20/h2-5,13H,1,6-7,9-10H2,(H,17,21)(H,19,20). The van der Waals surface area contributed by atoms with Crippen molar-refractivity contribution in [1.82, 2.24) is 4.90 Å². The van der Waals surface area contributed by atoms with E-state index in [1.54, 1.807) is 29.2 Å². The minimum atomic E-state index is -0.886. The highest BCUT2D eigenvalue weighted by Crippen LogP contribution is 2.27. The predicted octanol–water partition coefficient (Wildman–Crippen LogP) is 2.22. The zero-order valence-electron chi connectivity index (χ0n) is 11.6. The Balaban J connectivity index is 1.94. The lowest BCUT2D eigenvalue weighted by atomic mass is 10.1. The Morgan fingerprint density at radius 1 is 1.33 bits per heavy atom. The van der Waals surface area contributed by atoms with Crippen molar-refractivity contribution in [2.75, 3.05) is 11.9 Å². The maximum absolute atomic E-state index is 12.2. The Morgan fingerprint density at radius 2 is 2.00 bits per heavy atom. The summed E-state index contributed by atoms with van der Waals surface area (Å²) in [6.45, 7) is 0.435. The lowest BCUT2D eigenvalue weighted by Crippen LogP contribution is -2.37. The van der Waals surface area contributed by atoms with Crippen LogP contribution in [0.15, 0.2) is 24.3 Å². The first-order valence-corrected chi connectivity index (χ1v) is 6.85. The summed E-state index contributed by atoms with van der Waals surface area (Å²) in [5.74, 6) is -0.886. The van der Waals surface area contributed by atoms with Gasteiger partial charge >= 0.3 is 12.0 Å². The molecule has 1 aliphatic carbocycles. The van der Waals surface area contributed by atoms with E-state index in [1.807, 2.05) is 6.07 Å². The Hall–Kier alpha value is -2.55. The third-order valence-electron chi connectivity index (χ3n) is 3.27. The van der Waals surface area contributed by atoms with Gasteiger partial charge in [0.25, 0.3) is 0 Å². The van der Waals surface area contributed by atoms with Gasteiger partial charge in [0.2, 0.25) is 0 Å². The molecule has 21 heavy (non-hydrogen) atoms. The van der Waals surface area contributed by atoms with Crippen LogP contribution >= 0.6 is 0 Å². The van der Waals surface area contributed by atoms with Crippen LogP contribution in [0.1, 0.15) is 24.8 Å². The largest absolute Gasteiger partial charge is 0.481 e. The van der Waals surface area contributed by atoms with E-state index < -0.39 is 5.97 Å². The molecule has 0 aliphatic heterocycles. The van der Waals surface area contributed by atoms with Crippen molar-refractivity contribution in [2.24, 2.45) is 0 Å². The summed E-state index contributed by atoms with van der Waals surface area (Å²) in [5, 5.41) is 20.1. The highest BCUT2D eigenvalue weighted by molar-refractivity contribution is 5.89. The first-order valence-electron chi connectivity index (χ1n) is 6.85. The zero-order chi connectivity index (χ0) is 15.2. The number of rotatable bonds is 6. The van der Waals surface area contributed by atoms with Crippen LogP contribution in [0.2, 0.25) is 0 Å². The third kappa shape index (κ3) is 4.49. The number of nitriles is 1. The van der Waals surface area contributed by atoms with Crippen molar-refractivity contribution >= 4 is 17.7 Å². The van der Waals surface area contributed by atoms with E-state index in [-0.39, 0.29) is 18.5 Å². The van der Waals surface area contributed by atoms with Crippen LogP contribution < -0.4 is 5.32 Å². The minimum Gasteiger partial charge on any atom is -0.481 e. The van der Waals surface area contributed by atoms with Crippen LogP contribution in [0.25, 0.3) is 0 Å².